The number of alkyl halides is 3. The number of para-hydroxylation sites is 1. The number of nitrogens with zero attached hydrogens (tertiary/aromatic N) is 2. The van der Waals surface area contributed by atoms with Gasteiger partial charge in [0.25, 0.3) is 0 Å². The zero-order valence-corrected chi connectivity index (χ0v) is 12.7. The summed E-state index contributed by atoms with van der Waals surface area (Å²) in [6, 6.07) is 4.47. The monoisotopic (exact) mass is 315 g/mol. The van der Waals surface area contributed by atoms with Gasteiger partial charge < -0.3 is 15.1 Å². The van der Waals surface area contributed by atoms with Gasteiger partial charge in [-0.05, 0) is 38.1 Å². The van der Waals surface area contributed by atoms with Crippen molar-refractivity contribution >= 4 is 11.7 Å². The average molecular weight is 315 g/mol. The average Bonchev–Trinajstić information content (AvgIpc) is 2.83. The maximum absolute atomic E-state index is 12.9. The van der Waals surface area contributed by atoms with Crippen molar-refractivity contribution in [2.24, 2.45) is 5.92 Å². The lowest BCUT2D eigenvalue weighted by atomic mass is 10.1. The second kappa shape index (κ2) is 6.56. The van der Waals surface area contributed by atoms with E-state index in [1.54, 1.807) is 7.05 Å². The molecule has 0 spiro atoms. The molecule has 122 valence electrons. The molecule has 0 saturated carbocycles. The summed E-state index contributed by atoms with van der Waals surface area (Å²) in [5, 5.41) is 2.36. The van der Waals surface area contributed by atoms with Crippen molar-refractivity contribution < 1.29 is 18.0 Å². The molecule has 1 N–H and O–H groups in total. The number of hydrogen-bond acceptors (Lipinski definition) is 2. The van der Waals surface area contributed by atoms with Crippen LogP contribution in [0.5, 0.6) is 0 Å². The predicted molar refractivity (Wildman–Crippen MR) is 78.7 cm³/mol. The first-order chi connectivity index (χ1) is 10.3. The van der Waals surface area contributed by atoms with Crippen molar-refractivity contribution in [1.82, 2.24) is 9.80 Å². The van der Waals surface area contributed by atoms with Crippen LogP contribution < -0.4 is 5.32 Å². The van der Waals surface area contributed by atoms with E-state index in [4.69, 9.17) is 0 Å². The molecule has 0 bridgehead atoms. The Hall–Kier alpha value is -1.76. The topological polar surface area (TPSA) is 35.6 Å². The number of carbonyl (C=O) groups excluding carboxylic acids is 1. The molecule has 1 aliphatic rings. The third-order valence-corrected chi connectivity index (χ3v) is 3.84. The predicted octanol–water partition coefficient (Wildman–Crippen LogP) is 3.12. The molecule has 4 nitrogen and oxygen atoms in total. The third-order valence-electron chi connectivity index (χ3n) is 3.84. The fourth-order valence-electron chi connectivity index (χ4n) is 2.70. The summed E-state index contributed by atoms with van der Waals surface area (Å²) >= 11 is 0. The molecule has 1 heterocycles. The van der Waals surface area contributed by atoms with Gasteiger partial charge in [-0.3, -0.25) is 0 Å². The Bertz CT molecular complexity index is 533. The van der Waals surface area contributed by atoms with Crippen LogP contribution in [0.25, 0.3) is 0 Å². The van der Waals surface area contributed by atoms with Crippen molar-refractivity contribution in [1.29, 1.82) is 0 Å². The summed E-state index contributed by atoms with van der Waals surface area (Å²) in [7, 11) is 3.61. The van der Waals surface area contributed by atoms with Gasteiger partial charge in [0.1, 0.15) is 0 Å². The lowest BCUT2D eigenvalue weighted by Crippen LogP contribution is -2.36. The van der Waals surface area contributed by atoms with E-state index in [2.05, 4.69) is 10.2 Å². The first-order valence-corrected chi connectivity index (χ1v) is 7.14. The first-order valence-electron chi connectivity index (χ1n) is 7.14. The van der Waals surface area contributed by atoms with Crippen LogP contribution in [-0.2, 0) is 6.18 Å². The number of carbonyl (C=O) groups is 1. The third kappa shape index (κ3) is 4.13. The maximum Gasteiger partial charge on any atom is 0.418 e. The minimum absolute atomic E-state index is 0.213. The van der Waals surface area contributed by atoms with E-state index in [0.29, 0.717) is 12.5 Å². The molecule has 22 heavy (non-hydrogen) atoms. The number of benzene rings is 1. The molecular weight excluding hydrogens is 295 g/mol. The summed E-state index contributed by atoms with van der Waals surface area (Å²) in [5.74, 6) is 0.360. The van der Waals surface area contributed by atoms with E-state index in [1.165, 1.54) is 23.1 Å². The van der Waals surface area contributed by atoms with E-state index < -0.39 is 17.8 Å². The normalized spacial score (nSPS) is 19.2. The molecule has 2 amide bonds. The van der Waals surface area contributed by atoms with Crippen LogP contribution in [-0.4, -0.2) is 49.6 Å². The van der Waals surface area contributed by atoms with E-state index in [-0.39, 0.29) is 5.69 Å². The Labute approximate surface area is 127 Å². The second-order valence-electron chi connectivity index (χ2n) is 5.77. The number of amides is 2. The number of likely N-dealkylation sites (tertiary alicyclic amines) is 1. The molecule has 0 aromatic heterocycles. The van der Waals surface area contributed by atoms with Crippen molar-refractivity contribution in [2.45, 2.75) is 12.6 Å². The van der Waals surface area contributed by atoms with Crippen LogP contribution in [0.2, 0.25) is 0 Å². The fraction of sp³-hybridized carbons (Fsp3) is 0.533. The van der Waals surface area contributed by atoms with E-state index in [0.717, 1.165) is 25.6 Å². The lowest BCUT2D eigenvalue weighted by molar-refractivity contribution is -0.136. The highest BCUT2D eigenvalue weighted by Gasteiger charge is 2.34. The van der Waals surface area contributed by atoms with Crippen molar-refractivity contribution in [3.8, 4) is 0 Å². The van der Waals surface area contributed by atoms with Crippen molar-refractivity contribution in [3.05, 3.63) is 29.8 Å². The summed E-state index contributed by atoms with van der Waals surface area (Å²) in [5.41, 5.74) is -1.05. The Kier molecular flexibility index (Phi) is 4.95. The molecule has 1 atom stereocenters. The Morgan fingerprint density at radius 2 is 2.09 bits per heavy atom. The molecule has 1 unspecified atom stereocenters. The summed E-state index contributed by atoms with van der Waals surface area (Å²) in [6.45, 7) is 2.41. The summed E-state index contributed by atoms with van der Waals surface area (Å²) in [4.78, 5) is 15.7. The summed E-state index contributed by atoms with van der Waals surface area (Å²) < 4.78 is 38.7. The molecule has 1 fully saturated rings. The number of nitrogens with one attached hydrogen (secondary N) is 1. The van der Waals surface area contributed by atoms with Gasteiger partial charge in [-0.15, -0.1) is 0 Å². The van der Waals surface area contributed by atoms with Gasteiger partial charge in [0.2, 0.25) is 0 Å². The number of hydrogen-bond donors (Lipinski definition) is 1. The Morgan fingerprint density at radius 3 is 2.68 bits per heavy atom. The zero-order chi connectivity index (χ0) is 16.3. The standard InChI is InChI=1S/C15H20F3N3O/c1-20-8-7-11(9-20)10-21(2)14(22)19-13-6-4-3-5-12(13)15(16,17)18/h3-6,11H,7-10H2,1-2H3,(H,19,22). The minimum Gasteiger partial charge on any atom is -0.327 e. The van der Waals surface area contributed by atoms with Gasteiger partial charge in [0, 0.05) is 20.1 Å². The van der Waals surface area contributed by atoms with Crippen LogP contribution in [0.3, 0.4) is 0 Å². The van der Waals surface area contributed by atoms with Crippen molar-refractivity contribution in [3.63, 3.8) is 0 Å². The molecule has 1 saturated heterocycles. The summed E-state index contributed by atoms with van der Waals surface area (Å²) in [6.07, 6.45) is -3.50. The highest BCUT2D eigenvalue weighted by Crippen LogP contribution is 2.34. The highest BCUT2D eigenvalue weighted by atomic mass is 19.4. The quantitative estimate of drug-likeness (QED) is 0.930. The second-order valence-corrected chi connectivity index (χ2v) is 5.77. The molecular formula is C15H20F3N3O. The van der Waals surface area contributed by atoms with Gasteiger partial charge in [0.05, 0.1) is 11.3 Å². The first kappa shape index (κ1) is 16.6. The van der Waals surface area contributed by atoms with Crippen LogP contribution in [0, 0.1) is 5.92 Å². The Balaban J connectivity index is 2.00. The van der Waals surface area contributed by atoms with Gasteiger partial charge in [-0.1, -0.05) is 12.1 Å². The van der Waals surface area contributed by atoms with E-state index in [9.17, 15) is 18.0 Å². The van der Waals surface area contributed by atoms with Gasteiger partial charge >= 0.3 is 12.2 Å². The molecule has 7 heteroatoms. The SMILES string of the molecule is CN1CCC(CN(C)C(=O)Nc2ccccc2C(F)(F)F)C1. The van der Waals surface area contributed by atoms with Gasteiger partial charge in [-0.25, -0.2) is 4.79 Å². The maximum atomic E-state index is 12.9. The largest absolute Gasteiger partial charge is 0.418 e. The van der Waals surface area contributed by atoms with Crippen LogP contribution in [0.15, 0.2) is 24.3 Å². The smallest absolute Gasteiger partial charge is 0.327 e. The van der Waals surface area contributed by atoms with Gasteiger partial charge in [-0.2, -0.15) is 13.2 Å². The van der Waals surface area contributed by atoms with E-state index in [1.807, 2.05) is 7.05 Å². The molecule has 0 radical (unpaired) electrons. The number of halogens is 3. The lowest BCUT2D eigenvalue weighted by Gasteiger charge is -2.22. The minimum atomic E-state index is -4.49. The van der Waals surface area contributed by atoms with Crippen LogP contribution in [0.4, 0.5) is 23.7 Å². The molecule has 1 aliphatic heterocycles. The zero-order valence-electron chi connectivity index (χ0n) is 12.7. The molecule has 1 aromatic rings. The van der Waals surface area contributed by atoms with Crippen LogP contribution >= 0.6 is 0 Å². The number of rotatable bonds is 3. The van der Waals surface area contributed by atoms with Gasteiger partial charge in [0.15, 0.2) is 0 Å². The molecule has 2 rings (SSSR count). The van der Waals surface area contributed by atoms with Crippen molar-refractivity contribution in [2.75, 3.05) is 39.0 Å². The molecule has 1 aromatic carbocycles. The van der Waals surface area contributed by atoms with E-state index >= 15 is 0 Å². The number of urea groups is 1. The molecule has 0 aliphatic carbocycles. The van der Waals surface area contributed by atoms with Crippen LogP contribution in [0.1, 0.15) is 12.0 Å². The Morgan fingerprint density at radius 1 is 1.41 bits per heavy atom. The number of anilines is 1. The highest BCUT2D eigenvalue weighted by molar-refractivity contribution is 5.90. The fourth-order valence-corrected chi connectivity index (χ4v) is 2.70.